The zero-order chi connectivity index (χ0) is 14.8. The number of hydrogen-bond acceptors (Lipinski definition) is 3. The first kappa shape index (κ1) is 15.5. The molecule has 0 saturated heterocycles. The highest BCUT2D eigenvalue weighted by molar-refractivity contribution is 7.89. The van der Waals surface area contributed by atoms with E-state index in [1.807, 2.05) is 0 Å². The maximum Gasteiger partial charge on any atom is 0.244 e. The maximum absolute atomic E-state index is 12.5. The molecule has 0 amide bonds. The molecule has 1 N–H and O–H groups in total. The third-order valence-electron chi connectivity index (χ3n) is 4.19. The van der Waals surface area contributed by atoms with Gasteiger partial charge in [0.15, 0.2) is 0 Å². The Morgan fingerprint density at radius 2 is 2.00 bits per heavy atom. The van der Waals surface area contributed by atoms with Crippen molar-refractivity contribution in [2.45, 2.75) is 43.6 Å². The van der Waals surface area contributed by atoms with Gasteiger partial charge in [-0.3, -0.25) is 0 Å². The third kappa shape index (κ3) is 3.24. The van der Waals surface area contributed by atoms with Gasteiger partial charge < -0.3 is 9.67 Å². The van der Waals surface area contributed by atoms with Crippen LogP contribution >= 0.6 is 0 Å². The quantitative estimate of drug-likeness (QED) is 0.900. The van der Waals surface area contributed by atoms with Gasteiger partial charge in [0.25, 0.3) is 0 Å². The Bertz CT molecular complexity index is 545. The van der Waals surface area contributed by atoms with E-state index in [9.17, 15) is 8.42 Å². The third-order valence-corrected chi connectivity index (χ3v) is 5.98. The van der Waals surface area contributed by atoms with Crippen LogP contribution in [0, 0.1) is 5.92 Å². The molecular weight excluding hydrogens is 276 g/mol. The lowest BCUT2D eigenvalue weighted by Crippen LogP contribution is -2.32. The number of hydrogen-bond donors (Lipinski definition) is 1. The largest absolute Gasteiger partial charge is 0.390 e. The molecule has 1 heterocycles. The molecule has 5 nitrogen and oxygen atoms in total. The van der Waals surface area contributed by atoms with Crippen molar-refractivity contribution >= 4 is 10.0 Å². The second-order valence-electron chi connectivity index (χ2n) is 5.73. The summed E-state index contributed by atoms with van der Waals surface area (Å²) in [5, 5.41) is 9.17. The van der Waals surface area contributed by atoms with Crippen molar-refractivity contribution in [2.24, 2.45) is 13.0 Å². The van der Waals surface area contributed by atoms with Crippen LogP contribution in [0.5, 0.6) is 0 Å². The Balaban J connectivity index is 2.11. The van der Waals surface area contributed by atoms with E-state index in [-0.39, 0.29) is 11.5 Å². The van der Waals surface area contributed by atoms with Crippen molar-refractivity contribution in [1.29, 1.82) is 0 Å². The predicted octanol–water partition coefficient (Wildman–Crippen LogP) is 1.72. The summed E-state index contributed by atoms with van der Waals surface area (Å²) in [6, 6.07) is 1.55. The van der Waals surface area contributed by atoms with Crippen LogP contribution in [0.15, 0.2) is 17.2 Å². The molecule has 1 aliphatic carbocycles. The van der Waals surface area contributed by atoms with Crippen molar-refractivity contribution in [3.05, 3.63) is 18.0 Å². The highest BCUT2D eigenvalue weighted by atomic mass is 32.2. The average Bonchev–Trinajstić information content (AvgIpc) is 2.81. The van der Waals surface area contributed by atoms with Gasteiger partial charge in [0, 0.05) is 32.5 Å². The van der Waals surface area contributed by atoms with Crippen molar-refractivity contribution < 1.29 is 13.5 Å². The smallest absolute Gasteiger partial charge is 0.244 e. The number of aliphatic hydroxyl groups excluding tert-OH is 1. The number of aryl methyl sites for hydroxylation is 1. The molecule has 1 saturated carbocycles. The van der Waals surface area contributed by atoms with Crippen LogP contribution < -0.4 is 0 Å². The van der Waals surface area contributed by atoms with E-state index in [2.05, 4.69) is 0 Å². The van der Waals surface area contributed by atoms with Crippen LogP contribution in [-0.4, -0.2) is 36.0 Å². The first-order chi connectivity index (χ1) is 9.45. The Morgan fingerprint density at radius 1 is 1.35 bits per heavy atom. The summed E-state index contributed by atoms with van der Waals surface area (Å²) >= 11 is 0. The summed E-state index contributed by atoms with van der Waals surface area (Å²) in [4.78, 5) is 0.266. The number of nitrogens with zero attached hydrogens (tertiary/aromatic N) is 2. The van der Waals surface area contributed by atoms with Gasteiger partial charge in [0.2, 0.25) is 10.0 Å². The molecule has 20 heavy (non-hydrogen) atoms. The van der Waals surface area contributed by atoms with Gasteiger partial charge in [-0.05, 0) is 24.8 Å². The van der Waals surface area contributed by atoms with Crippen LogP contribution in [0.3, 0.4) is 0 Å². The number of rotatable bonds is 5. The number of aromatic nitrogens is 1. The topological polar surface area (TPSA) is 62.5 Å². The van der Waals surface area contributed by atoms with Crippen molar-refractivity contribution in [3.8, 4) is 0 Å². The summed E-state index contributed by atoms with van der Waals surface area (Å²) in [5.74, 6) is 0.476. The van der Waals surface area contributed by atoms with Gasteiger partial charge in [-0.25, -0.2) is 12.7 Å². The minimum Gasteiger partial charge on any atom is -0.390 e. The Labute approximate surface area is 121 Å². The highest BCUT2D eigenvalue weighted by Crippen LogP contribution is 2.26. The van der Waals surface area contributed by atoms with Gasteiger partial charge in [-0.2, -0.15) is 0 Å². The molecule has 1 fully saturated rings. The van der Waals surface area contributed by atoms with Crippen molar-refractivity contribution in [1.82, 2.24) is 8.87 Å². The van der Waals surface area contributed by atoms with Crippen LogP contribution in [0.1, 0.15) is 37.8 Å². The van der Waals surface area contributed by atoms with Gasteiger partial charge in [-0.1, -0.05) is 19.3 Å². The lowest BCUT2D eigenvalue weighted by molar-refractivity contribution is 0.272. The molecule has 1 aromatic rings. The van der Waals surface area contributed by atoms with Crippen LogP contribution in [0.4, 0.5) is 0 Å². The fourth-order valence-corrected chi connectivity index (χ4v) is 4.23. The van der Waals surface area contributed by atoms with Gasteiger partial charge in [0.1, 0.15) is 4.90 Å². The van der Waals surface area contributed by atoms with Crippen LogP contribution in [0.25, 0.3) is 0 Å². The normalized spacial score (nSPS) is 17.8. The van der Waals surface area contributed by atoms with E-state index in [4.69, 9.17) is 5.11 Å². The fraction of sp³-hybridized carbons (Fsp3) is 0.714. The predicted molar refractivity (Wildman–Crippen MR) is 77.7 cm³/mol. The molecule has 6 heteroatoms. The second kappa shape index (κ2) is 6.28. The highest BCUT2D eigenvalue weighted by Gasteiger charge is 2.26. The molecule has 0 bridgehead atoms. The summed E-state index contributed by atoms with van der Waals surface area (Å²) in [7, 11) is -0.0586. The monoisotopic (exact) mass is 300 g/mol. The summed E-state index contributed by atoms with van der Waals surface area (Å²) < 4.78 is 28.1. The molecule has 2 rings (SSSR count). The standard InChI is InChI=1S/C14H24N2O3S/c1-15-10-14(8-13(15)11-17)20(18,19)16(2)9-12-6-4-3-5-7-12/h8,10,12,17H,3-7,9,11H2,1-2H3. The molecule has 1 aliphatic rings. The molecule has 114 valence electrons. The lowest BCUT2D eigenvalue weighted by Gasteiger charge is -2.26. The Morgan fingerprint density at radius 3 is 2.55 bits per heavy atom. The first-order valence-electron chi connectivity index (χ1n) is 7.17. The van der Waals surface area contributed by atoms with Crippen LogP contribution in [0.2, 0.25) is 0 Å². The first-order valence-corrected chi connectivity index (χ1v) is 8.61. The molecule has 0 aromatic carbocycles. The van der Waals surface area contributed by atoms with E-state index in [1.165, 1.54) is 23.6 Å². The summed E-state index contributed by atoms with van der Waals surface area (Å²) in [6.45, 7) is 0.435. The van der Waals surface area contributed by atoms with Gasteiger partial charge >= 0.3 is 0 Å². The molecule has 0 spiro atoms. The molecule has 0 atom stereocenters. The van der Waals surface area contributed by atoms with Crippen LogP contribution in [-0.2, 0) is 23.7 Å². The fourth-order valence-electron chi connectivity index (χ4n) is 2.89. The zero-order valence-corrected chi connectivity index (χ0v) is 13.1. The number of aliphatic hydroxyl groups is 1. The van der Waals surface area contributed by atoms with E-state index < -0.39 is 10.0 Å². The molecular formula is C14H24N2O3S. The van der Waals surface area contributed by atoms with Crippen molar-refractivity contribution in [3.63, 3.8) is 0 Å². The summed E-state index contributed by atoms with van der Waals surface area (Å²) in [6.07, 6.45) is 7.49. The van der Waals surface area contributed by atoms with Gasteiger partial charge in [-0.15, -0.1) is 0 Å². The minimum absolute atomic E-state index is 0.154. The Kier molecular flexibility index (Phi) is 4.88. The average molecular weight is 300 g/mol. The second-order valence-corrected chi connectivity index (χ2v) is 7.77. The van der Waals surface area contributed by atoms with E-state index in [1.54, 1.807) is 30.9 Å². The summed E-state index contributed by atoms with van der Waals surface area (Å²) in [5.41, 5.74) is 0.606. The van der Waals surface area contributed by atoms with Crippen molar-refractivity contribution in [2.75, 3.05) is 13.6 Å². The number of sulfonamides is 1. The molecule has 0 unspecified atom stereocenters. The van der Waals surface area contributed by atoms with E-state index >= 15 is 0 Å². The molecule has 0 radical (unpaired) electrons. The SMILES string of the molecule is CN(CC1CCCCC1)S(=O)(=O)c1cc(CO)n(C)c1. The lowest BCUT2D eigenvalue weighted by atomic mass is 9.89. The van der Waals surface area contributed by atoms with E-state index in [0.29, 0.717) is 18.2 Å². The maximum atomic E-state index is 12.5. The molecule has 1 aromatic heterocycles. The van der Waals surface area contributed by atoms with E-state index in [0.717, 1.165) is 12.8 Å². The minimum atomic E-state index is -3.45. The van der Waals surface area contributed by atoms with Gasteiger partial charge in [0.05, 0.1) is 6.61 Å². The zero-order valence-electron chi connectivity index (χ0n) is 12.2. The Hall–Kier alpha value is -0.850. The molecule has 0 aliphatic heterocycles.